The molecule has 32 heavy (non-hydrogen) atoms. The van der Waals surface area contributed by atoms with Gasteiger partial charge in [-0.3, -0.25) is 14.5 Å². The summed E-state index contributed by atoms with van der Waals surface area (Å²) in [5.74, 6) is -2.12. The molecule has 0 spiro atoms. The molecular formula is C24H28F3N3O2. The Morgan fingerprint density at radius 1 is 1.09 bits per heavy atom. The highest BCUT2D eigenvalue weighted by Crippen LogP contribution is 2.23. The second-order valence-corrected chi connectivity index (χ2v) is 8.07. The van der Waals surface area contributed by atoms with E-state index in [-0.39, 0.29) is 24.9 Å². The van der Waals surface area contributed by atoms with Crippen molar-refractivity contribution < 1.29 is 22.8 Å². The zero-order valence-corrected chi connectivity index (χ0v) is 18.1. The van der Waals surface area contributed by atoms with E-state index in [0.29, 0.717) is 17.8 Å². The fourth-order valence-electron chi connectivity index (χ4n) is 3.97. The Kier molecular flexibility index (Phi) is 7.90. The Morgan fingerprint density at radius 3 is 2.50 bits per heavy atom. The number of likely N-dealkylation sites (tertiary alicyclic amines) is 1. The van der Waals surface area contributed by atoms with Crippen LogP contribution < -0.4 is 5.32 Å². The number of halogens is 3. The van der Waals surface area contributed by atoms with Crippen LogP contribution in [0.25, 0.3) is 0 Å². The van der Waals surface area contributed by atoms with Crippen molar-refractivity contribution in [2.24, 2.45) is 5.92 Å². The second-order valence-electron chi connectivity index (χ2n) is 8.07. The maximum Gasteiger partial charge on any atom is 0.471 e. The molecule has 2 amide bonds. The van der Waals surface area contributed by atoms with Crippen molar-refractivity contribution in [3.63, 3.8) is 0 Å². The van der Waals surface area contributed by atoms with Crippen LogP contribution in [0.3, 0.4) is 0 Å². The quantitative estimate of drug-likeness (QED) is 0.683. The molecule has 3 rings (SSSR count). The van der Waals surface area contributed by atoms with Crippen molar-refractivity contribution in [1.29, 1.82) is 0 Å². The van der Waals surface area contributed by atoms with Crippen LogP contribution in [0.15, 0.2) is 54.6 Å². The smallest absolute Gasteiger partial charge is 0.331 e. The molecule has 1 aliphatic rings. The highest BCUT2D eigenvalue weighted by molar-refractivity contribution is 5.92. The molecule has 5 nitrogen and oxygen atoms in total. The number of nitrogens with one attached hydrogen (secondary N) is 1. The van der Waals surface area contributed by atoms with Gasteiger partial charge in [-0.05, 0) is 49.6 Å². The number of benzene rings is 2. The summed E-state index contributed by atoms with van der Waals surface area (Å²) in [5, 5.41) is 2.90. The molecule has 172 valence electrons. The van der Waals surface area contributed by atoms with E-state index in [2.05, 4.69) is 22.3 Å². The summed E-state index contributed by atoms with van der Waals surface area (Å²) in [6, 6.07) is 16.7. The topological polar surface area (TPSA) is 52.7 Å². The third-order valence-electron chi connectivity index (χ3n) is 5.60. The molecule has 1 fully saturated rings. The Bertz CT molecular complexity index is 918. The number of piperidine rings is 1. The van der Waals surface area contributed by atoms with E-state index in [0.717, 1.165) is 30.8 Å². The van der Waals surface area contributed by atoms with Crippen molar-refractivity contribution in [3.8, 4) is 0 Å². The average Bonchev–Trinajstić information content (AvgIpc) is 2.77. The van der Waals surface area contributed by atoms with Crippen molar-refractivity contribution in [3.05, 3.63) is 65.7 Å². The molecule has 1 unspecified atom stereocenters. The van der Waals surface area contributed by atoms with Crippen LogP contribution in [0.2, 0.25) is 0 Å². The van der Waals surface area contributed by atoms with Crippen molar-refractivity contribution in [2.45, 2.75) is 39.0 Å². The predicted octanol–water partition coefficient (Wildman–Crippen LogP) is 4.45. The number of amides is 2. The molecule has 2 aromatic carbocycles. The zero-order chi connectivity index (χ0) is 23.1. The van der Waals surface area contributed by atoms with E-state index in [1.165, 1.54) is 12.5 Å². The van der Waals surface area contributed by atoms with Gasteiger partial charge in [-0.25, -0.2) is 0 Å². The number of nitrogens with zero attached hydrogens (tertiary/aromatic N) is 2. The van der Waals surface area contributed by atoms with E-state index in [1.807, 2.05) is 18.2 Å². The van der Waals surface area contributed by atoms with E-state index < -0.39 is 12.1 Å². The zero-order valence-electron chi connectivity index (χ0n) is 18.1. The molecule has 0 aliphatic carbocycles. The molecule has 1 heterocycles. The number of hydrogen-bond donors (Lipinski definition) is 1. The summed E-state index contributed by atoms with van der Waals surface area (Å²) in [6.45, 7) is 3.65. The van der Waals surface area contributed by atoms with Gasteiger partial charge in [-0.15, -0.1) is 0 Å². The molecule has 0 radical (unpaired) electrons. The van der Waals surface area contributed by atoms with Crippen LogP contribution in [0.5, 0.6) is 0 Å². The molecule has 0 aromatic heterocycles. The first-order valence-electron chi connectivity index (χ1n) is 10.8. The van der Waals surface area contributed by atoms with Crippen molar-refractivity contribution >= 4 is 17.5 Å². The molecule has 0 saturated carbocycles. The first-order valence-corrected chi connectivity index (χ1v) is 10.8. The van der Waals surface area contributed by atoms with E-state index in [9.17, 15) is 22.8 Å². The lowest BCUT2D eigenvalue weighted by Gasteiger charge is -2.32. The minimum absolute atomic E-state index is 0.0613. The first kappa shape index (κ1) is 23.8. The van der Waals surface area contributed by atoms with Gasteiger partial charge in [0, 0.05) is 31.9 Å². The maximum atomic E-state index is 12.8. The number of hydrogen-bond acceptors (Lipinski definition) is 3. The average molecular weight is 448 g/mol. The second kappa shape index (κ2) is 10.6. The van der Waals surface area contributed by atoms with Gasteiger partial charge in [0.05, 0.1) is 5.92 Å². The maximum absolute atomic E-state index is 12.8. The lowest BCUT2D eigenvalue weighted by Crippen LogP contribution is -2.40. The van der Waals surface area contributed by atoms with Gasteiger partial charge in [0.2, 0.25) is 5.91 Å². The summed E-state index contributed by atoms with van der Waals surface area (Å²) in [7, 11) is 0. The minimum atomic E-state index is -4.91. The van der Waals surface area contributed by atoms with Crippen LogP contribution in [0, 0.1) is 5.92 Å². The van der Waals surface area contributed by atoms with Gasteiger partial charge in [-0.1, -0.05) is 42.5 Å². The summed E-state index contributed by atoms with van der Waals surface area (Å²) in [5.41, 5.74) is 2.25. The molecule has 1 saturated heterocycles. The SMILES string of the molecule is CCN(Cc1cccc(NC(=O)C2CCCN(Cc3ccccc3)C2)c1)C(=O)C(F)(F)F. The van der Waals surface area contributed by atoms with E-state index >= 15 is 0 Å². The van der Waals surface area contributed by atoms with Gasteiger partial charge < -0.3 is 10.2 Å². The normalized spacial score (nSPS) is 17.1. The third kappa shape index (κ3) is 6.56. The van der Waals surface area contributed by atoms with Gasteiger partial charge in [-0.2, -0.15) is 13.2 Å². The molecule has 0 bridgehead atoms. The predicted molar refractivity (Wildman–Crippen MR) is 117 cm³/mol. The van der Waals surface area contributed by atoms with Crippen molar-refractivity contribution in [2.75, 3.05) is 25.0 Å². The molecule has 1 aliphatic heterocycles. The number of alkyl halides is 3. The number of anilines is 1. The van der Waals surface area contributed by atoms with Crippen LogP contribution >= 0.6 is 0 Å². The summed E-state index contributed by atoms with van der Waals surface area (Å²) in [6.07, 6.45) is -3.19. The highest BCUT2D eigenvalue weighted by atomic mass is 19.4. The third-order valence-corrected chi connectivity index (χ3v) is 5.60. The Hall–Kier alpha value is -2.87. The monoisotopic (exact) mass is 447 g/mol. The molecule has 1 atom stereocenters. The van der Waals surface area contributed by atoms with E-state index in [4.69, 9.17) is 0 Å². The number of carbonyl (C=O) groups is 2. The van der Waals surface area contributed by atoms with Crippen LogP contribution in [0.4, 0.5) is 18.9 Å². The van der Waals surface area contributed by atoms with Crippen molar-refractivity contribution in [1.82, 2.24) is 9.80 Å². The molecule has 1 N–H and O–H groups in total. The number of rotatable bonds is 7. The summed E-state index contributed by atoms with van der Waals surface area (Å²) < 4.78 is 38.3. The van der Waals surface area contributed by atoms with Gasteiger partial charge in [0.1, 0.15) is 0 Å². The molecule has 2 aromatic rings. The van der Waals surface area contributed by atoms with Crippen LogP contribution in [-0.2, 0) is 22.7 Å². The van der Waals surface area contributed by atoms with E-state index in [1.54, 1.807) is 24.3 Å². The largest absolute Gasteiger partial charge is 0.471 e. The van der Waals surface area contributed by atoms with Crippen LogP contribution in [-0.4, -0.2) is 47.4 Å². The Morgan fingerprint density at radius 2 is 1.81 bits per heavy atom. The lowest BCUT2D eigenvalue weighted by molar-refractivity contribution is -0.185. The van der Waals surface area contributed by atoms with Gasteiger partial charge in [0.25, 0.3) is 0 Å². The number of carbonyl (C=O) groups excluding carboxylic acids is 2. The van der Waals surface area contributed by atoms with Crippen LogP contribution in [0.1, 0.15) is 30.9 Å². The summed E-state index contributed by atoms with van der Waals surface area (Å²) >= 11 is 0. The Labute approximate surface area is 186 Å². The fraction of sp³-hybridized carbons (Fsp3) is 0.417. The standard InChI is InChI=1S/C24H28F3N3O2/c1-2-30(23(32)24(25,26)27)16-19-10-6-12-21(14-19)28-22(31)20-11-7-13-29(17-20)15-18-8-4-3-5-9-18/h3-6,8-10,12,14,20H,2,7,11,13,15-17H2,1H3,(H,28,31). The lowest BCUT2D eigenvalue weighted by atomic mass is 9.96. The highest BCUT2D eigenvalue weighted by Gasteiger charge is 2.41. The van der Waals surface area contributed by atoms with Gasteiger partial charge >= 0.3 is 12.1 Å². The molecule has 8 heteroatoms. The minimum Gasteiger partial charge on any atom is -0.331 e. The fourth-order valence-corrected chi connectivity index (χ4v) is 3.97. The Balaban J connectivity index is 1.59. The van der Waals surface area contributed by atoms with Gasteiger partial charge in [0.15, 0.2) is 0 Å². The first-order chi connectivity index (χ1) is 15.3. The molecular weight excluding hydrogens is 419 g/mol. The summed E-state index contributed by atoms with van der Waals surface area (Å²) in [4.78, 5) is 27.4.